The number of phenols is 1. The zero-order valence-corrected chi connectivity index (χ0v) is 24.4. The van der Waals surface area contributed by atoms with Gasteiger partial charge in [0.05, 0.1) is 19.2 Å². The average molecular weight is 623 g/mol. The number of carbonyl (C=O) groups excluding carboxylic acids is 5. The van der Waals surface area contributed by atoms with Crippen LogP contribution in [0.5, 0.6) is 5.75 Å². The van der Waals surface area contributed by atoms with Crippen LogP contribution in [0.25, 0.3) is 0 Å². The lowest BCUT2D eigenvalue weighted by Gasteiger charge is -2.30. The molecule has 43 heavy (non-hydrogen) atoms. The molecule has 2 fully saturated rings. The molecule has 2 saturated heterocycles. The number of rotatable bonds is 13. The Labute approximate surface area is 253 Å². The van der Waals surface area contributed by atoms with Crippen LogP contribution < -0.4 is 21.7 Å². The molecule has 15 nitrogen and oxygen atoms in total. The molecule has 0 radical (unpaired) electrons. The Bertz CT molecular complexity index is 1200. The number of carboxylic acid groups (broad SMARTS) is 1. The third-order valence-electron chi connectivity index (χ3n) is 7.45. The highest BCUT2D eigenvalue weighted by Crippen LogP contribution is 2.21. The first kappa shape index (κ1) is 33.6. The molecular weight excluding hydrogens is 584 g/mol. The van der Waals surface area contributed by atoms with Crippen molar-refractivity contribution in [1.29, 1.82) is 0 Å². The Morgan fingerprint density at radius 1 is 0.930 bits per heavy atom. The number of nitrogens with two attached hydrogens (primary N) is 1. The van der Waals surface area contributed by atoms with Crippen LogP contribution in [-0.4, -0.2) is 123 Å². The molecule has 0 unspecified atom stereocenters. The van der Waals surface area contributed by atoms with Crippen molar-refractivity contribution in [1.82, 2.24) is 25.8 Å². The van der Waals surface area contributed by atoms with Crippen molar-refractivity contribution in [3.63, 3.8) is 0 Å². The molecule has 2 aliphatic rings. The summed E-state index contributed by atoms with van der Waals surface area (Å²) in [7, 11) is 0. The van der Waals surface area contributed by atoms with Crippen LogP contribution >= 0.6 is 12.6 Å². The number of phenolic OH excluding ortho intramolecular Hbond substituents is 1. The van der Waals surface area contributed by atoms with E-state index in [4.69, 9.17) is 10.8 Å². The van der Waals surface area contributed by atoms with Gasteiger partial charge in [0.2, 0.25) is 29.5 Å². The van der Waals surface area contributed by atoms with E-state index in [2.05, 4.69) is 28.6 Å². The molecule has 2 heterocycles. The van der Waals surface area contributed by atoms with Gasteiger partial charge in [-0.3, -0.25) is 24.0 Å². The van der Waals surface area contributed by atoms with Crippen molar-refractivity contribution in [2.45, 2.75) is 62.3 Å². The minimum atomic E-state index is -1.52. The van der Waals surface area contributed by atoms with Crippen LogP contribution in [-0.2, 0) is 35.2 Å². The summed E-state index contributed by atoms with van der Waals surface area (Å²) in [6.07, 6.45) is 1.81. The van der Waals surface area contributed by atoms with Crippen molar-refractivity contribution in [3.8, 4) is 5.75 Å². The maximum atomic E-state index is 13.3. The number of aliphatic hydroxyl groups excluding tert-OH is 1. The Morgan fingerprint density at radius 2 is 1.49 bits per heavy atom. The standard InChI is InChI=1S/C27H38N6O9S/c28-17(11-15-5-7-16(35)8-6-15)23(37)29-12-22(36)32-9-1-3-20(32)24(38)31-19(14-43)26(40)33-10-2-4-21(33)25(39)30-18(13-34)27(41)42/h5-8,17-21,34-35,43H,1-4,9-14,28H2,(H,29,37)(H,30,39)(H,31,38)(H,41,42)/t17-,18-,19-,20-,21-/m0/s1. The predicted octanol–water partition coefficient (Wildman–Crippen LogP) is -2.66. The Hall–Kier alpha value is -3.89. The fourth-order valence-electron chi connectivity index (χ4n) is 5.12. The van der Waals surface area contributed by atoms with Gasteiger partial charge < -0.3 is 46.8 Å². The number of aliphatic hydroxyl groups is 1. The monoisotopic (exact) mass is 622 g/mol. The van der Waals surface area contributed by atoms with Gasteiger partial charge in [-0.1, -0.05) is 12.1 Å². The summed E-state index contributed by atoms with van der Waals surface area (Å²) < 4.78 is 0. The lowest BCUT2D eigenvalue weighted by atomic mass is 10.1. The molecule has 1 aromatic carbocycles. The van der Waals surface area contributed by atoms with E-state index in [1.54, 1.807) is 12.1 Å². The molecule has 5 atom stereocenters. The van der Waals surface area contributed by atoms with Gasteiger partial charge in [0.25, 0.3) is 0 Å². The number of nitrogens with one attached hydrogen (secondary N) is 3. The van der Waals surface area contributed by atoms with Gasteiger partial charge in [0.15, 0.2) is 0 Å². The smallest absolute Gasteiger partial charge is 0.328 e. The van der Waals surface area contributed by atoms with Crippen LogP contribution in [0.2, 0.25) is 0 Å². The summed E-state index contributed by atoms with van der Waals surface area (Å²) in [6, 6.07) is 0.782. The SMILES string of the molecule is N[C@@H](Cc1ccc(O)cc1)C(=O)NCC(=O)N1CCC[C@H]1C(=O)N[C@@H](CS)C(=O)N1CCC[C@H]1C(=O)N[C@@H](CO)C(=O)O. The van der Waals surface area contributed by atoms with Crippen molar-refractivity contribution < 1.29 is 44.1 Å². The molecule has 236 valence electrons. The summed E-state index contributed by atoms with van der Waals surface area (Å²) in [5, 5.41) is 35.0. The number of carboxylic acids is 1. The average Bonchev–Trinajstić information content (AvgIpc) is 3.68. The zero-order valence-electron chi connectivity index (χ0n) is 23.5. The number of benzene rings is 1. The van der Waals surface area contributed by atoms with E-state index < -0.39 is 72.3 Å². The fraction of sp³-hybridized carbons (Fsp3) is 0.556. The molecule has 0 spiro atoms. The second kappa shape index (κ2) is 15.5. The third-order valence-corrected chi connectivity index (χ3v) is 7.82. The molecule has 3 rings (SSSR count). The highest BCUT2D eigenvalue weighted by atomic mass is 32.1. The summed E-state index contributed by atoms with van der Waals surface area (Å²) in [5.41, 5.74) is 6.68. The quantitative estimate of drug-likeness (QED) is 0.106. The molecular formula is C27H38N6O9S. The number of aromatic hydroxyl groups is 1. The largest absolute Gasteiger partial charge is 0.508 e. The third kappa shape index (κ3) is 8.81. The molecule has 1 aromatic rings. The topological polar surface area (TPSA) is 232 Å². The van der Waals surface area contributed by atoms with Gasteiger partial charge in [-0.2, -0.15) is 12.6 Å². The van der Waals surface area contributed by atoms with Crippen LogP contribution in [0, 0.1) is 0 Å². The first-order valence-electron chi connectivity index (χ1n) is 13.9. The second-order valence-corrected chi connectivity index (χ2v) is 10.8. The van der Waals surface area contributed by atoms with Crippen LogP contribution in [0.1, 0.15) is 31.2 Å². The fourth-order valence-corrected chi connectivity index (χ4v) is 5.37. The normalized spacial score (nSPS) is 20.2. The van der Waals surface area contributed by atoms with Gasteiger partial charge >= 0.3 is 5.97 Å². The van der Waals surface area contributed by atoms with Gasteiger partial charge in [0, 0.05) is 18.8 Å². The lowest BCUT2D eigenvalue weighted by molar-refractivity contribution is -0.145. The molecule has 0 bridgehead atoms. The summed E-state index contributed by atoms with van der Waals surface area (Å²) in [4.78, 5) is 78.3. The van der Waals surface area contributed by atoms with E-state index in [1.807, 2.05) is 0 Å². The molecule has 8 N–H and O–H groups in total. The van der Waals surface area contributed by atoms with Gasteiger partial charge in [-0.25, -0.2) is 4.79 Å². The second-order valence-electron chi connectivity index (χ2n) is 10.5. The summed E-state index contributed by atoms with van der Waals surface area (Å²) in [6.45, 7) is -0.715. The zero-order chi connectivity index (χ0) is 31.7. The number of carbonyl (C=O) groups is 6. The first-order valence-corrected chi connectivity index (χ1v) is 14.6. The maximum Gasteiger partial charge on any atom is 0.328 e. The minimum Gasteiger partial charge on any atom is -0.508 e. The van der Waals surface area contributed by atoms with Crippen LogP contribution in [0.4, 0.5) is 0 Å². The number of amides is 5. The Kier molecular flexibility index (Phi) is 12.1. The highest BCUT2D eigenvalue weighted by Gasteiger charge is 2.40. The van der Waals surface area contributed by atoms with Crippen LogP contribution in [0.15, 0.2) is 24.3 Å². The number of likely N-dealkylation sites (tertiary alicyclic amines) is 2. The first-order chi connectivity index (χ1) is 20.5. The molecule has 16 heteroatoms. The minimum absolute atomic E-state index is 0.0826. The predicted molar refractivity (Wildman–Crippen MR) is 155 cm³/mol. The number of hydrogen-bond donors (Lipinski definition) is 8. The lowest BCUT2D eigenvalue weighted by Crippen LogP contribution is -2.58. The molecule has 2 aliphatic heterocycles. The van der Waals surface area contributed by atoms with Crippen molar-refractivity contribution in [2.75, 3.05) is 32.0 Å². The van der Waals surface area contributed by atoms with E-state index in [1.165, 1.54) is 21.9 Å². The van der Waals surface area contributed by atoms with E-state index >= 15 is 0 Å². The van der Waals surface area contributed by atoms with Gasteiger partial charge in [0.1, 0.15) is 29.9 Å². The van der Waals surface area contributed by atoms with Gasteiger partial charge in [-0.15, -0.1) is 0 Å². The number of aliphatic carboxylic acids is 1. The molecule has 0 aliphatic carbocycles. The number of hydrogen-bond acceptors (Lipinski definition) is 10. The van der Waals surface area contributed by atoms with E-state index in [0.717, 1.165) is 5.56 Å². The van der Waals surface area contributed by atoms with E-state index in [-0.39, 0.29) is 44.0 Å². The molecule has 0 saturated carbocycles. The van der Waals surface area contributed by atoms with Crippen molar-refractivity contribution in [2.24, 2.45) is 5.73 Å². The maximum absolute atomic E-state index is 13.3. The van der Waals surface area contributed by atoms with Crippen molar-refractivity contribution in [3.05, 3.63) is 29.8 Å². The highest BCUT2D eigenvalue weighted by molar-refractivity contribution is 7.80. The van der Waals surface area contributed by atoms with Gasteiger partial charge in [-0.05, 0) is 49.8 Å². The summed E-state index contributed by atoms with van der Waals surface area (Å²) in [5.74, 6) is -4.38. The number of thiol groups is 1. The molecule has 0 aromatic heterocycles. The number of nitrogens with zero attached hydrogens (tertiary/aromatic N) is 2. The molecule has 5 amide bonds. The van der Waals surface area contributed by atoms with Crippen molar-refractivity contribution >= 4 is 48.1 Å². The van der Waals surface area contributed by atoms with Crippen LogP contribution in [0.3, 0.4) is 0 Å². The van der Waals surface area contributed by atoms with E-state index in [9.17, 15) is 39.0 Å². The summed E-state index contributed by atoms with van der Waals surface area (Å²) >= 11 is 4.20. The van der Waals surface area contributed by atoms with E-state index in [0.29, 0.717) is 19.3 Å². The Balaban J connectivity index is 1.55. The Morgan fingerprint density at radius 3 is 2.05 bits per heavy atom.